The van der Waals surface area contributed by atoms with Crippen LogP contribution in [-0.2, 0) is 93.1 Å². The van der Waals surface area contributed by atoms with Gasteiger partial charge in [0.05, 0.1) is 5.58 Å². The quantitative estimate of drug-likeness (QED) is 0.142. The summed E-state index contributed by atoms with van der Waals surface area (Å²) in [5.41, 5.74) is 20.0. The van der Waals surface area contributed by atoms with Crippen molar-refractivity contribution >= 4 is 22.1 Å². The number of nitrogens with zero attached hydrogens (tertiary/aromatic N) is 4. The molecular formula is C71H67IrN4O. The van der Waals surface area contributed by atoms with Gasteiger partial charge < -0.3 is 19.4 Å². The Morgan fingerprint density at radius 2 is 0.922 bits per heavy atom. The van der Waals surface area contributed by atoms with Crippen LogP contribution in [0.15, 0.2) is 150 Å². The fourth-order valence-corrected chi connectivity index (χ4v) is 12.2. The molecule has 18 bridgehead atoms. The molecule has 27 aliphatic rings. The first-order valence-electron chi connectivity index (χ1n) is 28.6. The van der Waals surface area contributed by atoms with Crippen molar-refractivity contribution in [2.45, 2.75) is 135 Å². The molecule has 11 aliphatic carbocycles. The number of aryl methyl sites for hydroxylation is 5. The first-order chi connectivity index (χ1) is 37.6. The van der Waals surface area contributed by atoms with Crippen molar-refractivity contribution < 1.29 is 28.6 Å². The number of hydrogen-bond acceptors (Lipinski definition) is 5. The van der Waals surface area contributed by atoms with Gasteiger partial charge in [-0.25, -0.2) is 4.98 Å². The van der Waals surface area contributed by atoms with E-state index in [0.717, 1.165) is 101 Å². The first-order valence-corrected chi connectivity index (χ1v) is 27.1. The number of fused-ring (bicyclic) bond motifs is 1. The average Bonchev–Trinajstić information content (AvgIpc) is 3.98. The van der Waals surface area contributed by atoms with Gasteiger partial charge in [0, 0.05) is 33.8 Å². The molecule has 0 amide bonds. The van der Waals surface area contributed by atoms with Gasteiger partial charge in [-0.2, -0.15) is 0 Å². The number of benzene rings is 5. The molecule has 5 nitrogen and oxygen atoms in total. The van der Waals surface area contributed by atoms with E-state index in [1.807, 2.05) is 12.3 Å². The molecule has 0 atom stereocenters. The SMILES string of the molecule is [2H]C([2H])([2H])c1ccc2c(n1)oc1c3[c-]cc(c12)CCc1cc2cc(c1)CC(C)(C)c1c[c-]c(cc1)-c1ccc(cn1)C(C)(C)Cc1cc(cc(c1)CC(C)(C)c1ccc(nc1)-c1[c-]cc(cc1)C(C)(C)C2)CCc1ccc-3nc1.[Ir+3]. The van der Waals surface area contributed by atoms with E-state index in [9.17, 15) is 0 Å². The molecule has 16 aliphatic heterocycles. The number of hydrogen-bond donors (Lipinski definition) is 0. The van der Waals surface area contributed by atoms with Crippen LogP contribution in [0, 0.1) is 25.1 Å². The van der Waals surface area contributed by atoms with E-state index in [2.05, 4.69) is 206 Å². The monoisotopic (exact) mass is 1190 g/mol. The van der Waals surface area contributed by atoms with Crippen molar-refractivity contribution in [3.8, 4) is 33.8 Å². The van der Waals surface area contributed by atoms with Crippen LogP contribution in [-0.4, -0.2) is 19.9 Å². The predicted molar refractivity (Wildman–Crippen MR) is 310 cm³/mol. The summed E-state index contributed by atoms with van der Waals surface area (Å²) in [6, 6.07) is 57.1. The maximum atomic E-state index is 8.18. The van der Waals surface area contributed by atoms with Gasteiger partial charge in [0.1, 0.15) is 0 Å². The summed E-state index contributed by atoms with van der Waals surface area (Å²) in [5.74, 6) is 0. The molecule has 10 aromatic rings. The topological polar surface area (TPSA) is 64.7 Å². The predicted octanol–water partition coefficient (Wildman–Crippen LogP) is 16.2. The second-order valence-electron chi connectivity index (χ2n) is 24.5. The summed E-state index contributed by atoms with van der Waals surface area (Å²) in [6.45, 7) is 16.3. The molecule has 5 aromatic heterocycles. The second-order valence-corrected chi connectivity index (χ2v) is 24.5. The smallest absolute Gasteiger partial charge is 0.486 e. The number of furan rings is 1. The molecule has 386 valence electrons. The summed E-state index contributed by atoms with van der Waals surface area (Å²) in [4.78, 5) is 19.8. The molecule has 5 aromatic carbocycles. The van der Waals surface area contributed by atoms with Crippen LogP contribution in [0.2, 0.25) is 0 Å². The Hall–Kier alpha value is -6.85. The van der Waals surface area contributed by atoms with Gasteiger partial charge in [-0.05, 0) is 153 Å². The van der Waals surface area contributed by atoms with E-state index in [1.165, 1.54) is 55.6 Å². The third kappa shape index (κ3) is 10.6. The fourth-order valence-electron chi connectivity index (χ4n) is 12.2. The molecule has 0 radical (unpaired) electrons. The van der Waals surface area contributed by atoms with E-state index in [4.69, 9.17) is 23.5 Å². The molecule has 77 heavy (non-hydrogen) atoms. The van der Waals surface area contributed by atoms with Crippen LogP contribution in [0.1, 0.15) is 132 Å². The van der Waals surface area contributed by atoms with Gasteiger partial charge >= 0.3 is 20.1 Å². The zero-order valence-corrected chi connectivity index (χ0v) is 47.9. The standard InChI is InChI=1S/C71H67N4O.Ir/c1-45-10-27-61-65-55-15-13-48-34-49-36-50(35-48)39-69(4,5)57-23-18-54(19-24-57)63-31-26-59(44-74-63)71(8,9)41-52-33-47(12-11-46-14-29-64(72-42-46)60(28-20-55)66(65)76-67(61)75-45)32-51(37-52)40-70(6,7)58-25-30-62(73-43-58)53-16-21-56(22-17-53)68(2,3)38-49;/h10,14,16,18,20-27,29-37,42-44H,11-13,15,38-41H2,1-9H3;/q-3;+3/i1D3;. The number of pyridine rings is 4. The molecule has 6 heteroatoms. The first kappa shape index (κ1) is 48.5. The van der Waals surface area contributed by atoms with E-state index >= 15 is 0 Å². The molecule has 0 unspecified atom stereocenters. The van der Waals surface area contributed by atoms with Crippen molar-refractivity contribution in [3.63, 3.8) is 0 Å². The maximum Gasteiger partial charge on any atom is 3.00 e. The van der Waals surface area contributed by atoms with E-state index in [1.54, 1.807) is 6.07 Å². The van der Waals surface area contributed by atoms with Crippen molar-refractivity contribution in [2.75, 3.05) is 0 Å². The van der Waals surface area contributed by atoms with Crippen molar-refractivity contribution in [2.24, 2.45) is 0 Å². The third-order valence-electron chi connectivity index (χ3n) is 16.6. The minimum Gasteiger partial charge on any atom is -0.486 e. The molecule has 21 heterocycles. The molecule has 0 saturated carbocycles. The summed E-state index contributed by atoms with van der Waals surface area (Å²) in [5, 5.41) is 1.69. The second kappa shape index (κ2) is 20.2. The normalized spacial score (nSPS) is 17.3. The van der Waals surface area contributed by atoms with Gasteiger partial charge in [-0.3, -0.25) is 0 Å². The minimum atomic E-state index is -2.39. The van der Waals surface area contributed by atoms with Gasteiger partial charge in [0.25, 0.3) is 0 Å². The zero-order chi connectivity index (χ0) is 55.1. The molecule has 0 fully saturated rings. The Morgan fingerprint density at radius 1 is 0.455 bits per heavy atom. The Labute approximate surface area is 473 Å². The summed E-state index contributed by atoms with van der Waals surface area (Å²) in [7, 11) is 0. The van der Waals surface area contributed by atoms with Crippen molar-refractivity contribution in [1.29, 1.82) is 0 Å². The van der Waals surface area contributed by atoms with Crippen LogP contribution in [0.25, 0.3) is 55.8 Å². The van der Waals surface area contributed by atoms with E-state index in [-0.39, 0.29) is 47.5 Å². The molecule has 0 spiro atoms. The third-order valence-corrected chi connectivity index (χ3v) is 16.6. The van der Waals surface area contributed by atoms with Gasteiger partial charge in [-0.15, -0.1) is 88.5 Å². The van der Waals surface area contributed by atoms with Crippen LogP contribution >= 0.6 is 0 Å². The van der Waals surface area contributed by atoms with Gasteiger partial charge in [0.15, 0.2) is 0 Å². The van der Waals surface area contributed by atoms with Crippen molar-refractivity contribution in [3.05, 3.63) is 237 Å². The van der Waals surface area contributed by atoms with Crippen LogP contribution in [0.3, 0.4) is 0 Å². The Morgan fingerprint density at radius 3 is 1.39 bits per heavy atom. The van der Waals surface area contributed by atoms with Crippen LogP contribution < -0.4 is 0 Å². The number of rotatable bonds is 0. The molecule has 0 saturated heterocycles. The van der Waals surface area contributed by atoms with Gasteiger partial charge in [-0.1, -0.05) is 146 Å². The van der Waals surface area contributed by atoms with E-state index < -0.39 is 6.85 Å². The average molecular weight is 1190 g/mol. The molecular weight excluding hydrogens is 1120 g/mol. The largest absolute Gasteiger partial charge is 3.00 e. The van der Waals surface area contributed by atoms with Gasteiger partial charge in [0.2, 0.25) is 5.71 Å². The maximum absolute atomic E-state index is 8.18. The van der Waals surface area contributed by atoms with Crippen LogP contribution in [0.5, 0.6) is 0 Å². The summed E-state index contributed by atoms with van der Waals surface area (Å²) in [6.07, 6.45) is 12.5. The Kier molecular flexibility index (Phi) is 12.7. The fraction of sp³-hybridized carbons (Fsp3) is 0.296. The Balaban J connectivity index is 0.00000675. The molecule has 37 rings (SSSR count). The molecule has 0 N–H and O–H groups in total. The summed E-state index contributed by atoms with van der Waals surface area (Å²) < 4.78 is 31.2. The number of aromatic nitrogens is 4. The Bertz CT molecular complexity index is 3760. The zero-order valence-electron chi connectivity index (χ0n) is 48.5. The van der Waals surface area contributed by atoms with Crippen LogP contribution in [0.4, 0.5) is 0 Å². The minimum absolute atomic E-state index is 0. The summed E-state index contributed by atoms with van der Waals surface area (Å²) >= 11 is 0. The van der Waals surface area contributed by atoms with E-state index in [0.29, 0.717) is 17.7 Å². The van der Waals surface area contributed by atoms with Crippen molar-refractivity contribution in [1.82, 2.24) is 19.9 Å².